The van der Waals surface area contributed by atoms with Gasteiger partial charge in [0.15, 0.2) is 0 Å². The van der Waals surface area contributed by atoms with Crippen molar-refractivity contribution in [3.8, 4) is 0 Å². The molecule has 0 amide bonds. The number of rotatable bonds is 5. The molecular formula is C18H21N3OS. The molecule has 2 aromatic rings. The van der Waals surface area contributed by atoms with Crippen molar-refractivity contribution in [2.45, 2.75) is 30.4 Å². The van der Waals surface area contributed by atoms with Crippen molar-refractivity contribution in [1.82, 2.24) is 14.9 Å². The minimum Gasteiger partial charge on any atom is -0.371 e. The van der Waals surface area contributed by atoms with E-state index in [1.54, 1.807) is 0 Å². The summed E-state index contributed by atoms with van der Waals surface area (Å²) in [4.78, 5) is 10.9. The molecule has 4 rings (SSSR count). The molecule has 5 heteroatoms. The zero-order valence-electron chi connectivity index (χ0n) is 13.1. The normalized spacial score (nSPS) is 23.0. The molecule has 1 spiro atoms. The summed E-state index contributed by atoms with van der Waals surface area (Å²) in [7, 11) is 0. The first kappa shape index (κ1) is 15.1. The van der Waals surface area contributed by atoms with Crippen LogP contribution in [0.3, 0.4) is 0 Å². The number of hydrogen-bond donors (Lipinski definition) is 0. The third kappa shape index (κ3) is 3.57. The molecular weight excluding hydrogens is 306 g/mol. The van der Waals surface area contributed by atoms with Crippen LogP contribution in [0, 0.1) is 0 Å². The summed E-state index contributed by atoms with van der Waals surface area (Å²) in [5, 5.41) is 0. The van der Waals surface area contributed by atoms with Crippen LogP contribution in [0.4, 0.5) is 0 Å². The predicted octanol–water partition coefficient (Wildman–Crippen LogP) is 2.75. The largest absolute Gasteiger partial charge is 0.371 e. The highest BCUT2D eigenvalue weighted by molar-refractivity contribution is 8.01. The molecule has 0 saturated carbocycles. The van der Waals surface area contributed by atoms with E-state index in [0.29, 0.717) is 17.5 Å². The highest BCUT2D eigenvalue weighted by Gasteiger charge is 2.49. The van der Waals surface area contributed by atoms with Crippen molar-refractivity contribution in [3.63, 3.8) is 0 Å². The second-order valence-electron chi connectivity index (χ2n) is 6.45. The second kappa shape index (κ2) is 6.59. The molecule has 120 valence electrons. The van der Waals surface area contributed by atoms with Crippen molar-refractivity contribution in [2.75, 3.05) is 18.8 Å². The lowest BCUT2D eigenvalue weighted by Crippen LogP contribution is -2.58. The van der Waals surface area contributed by atoms with E-state index in [0.717, 1.165) is 24.4 Å². The summed E-state index contributed by atoms with van der Waals surface area (Å²) >= 11 is 2.09. The van der Waals surface area contributed by atoms with Gasteiger partial charge >= 0.3 is 0 Å². The van der Waals surface area contributed by atoms with Gasteiger partial charge in [0.1, 0.15) is 0 Å². The first-order chi connectivity index (χ1) is 11.3. The molecule has 4 nitrogen and oxygen atoms in total. The van der Waals surface area contributed by atoms with Gasteiger partial charge in [-0.25, -0.2) is 0 Å². The van der Waals surface area contributed by atoms with Gasteiger partial charge in [-0.2, -0.15) is 0 Å². The maximum atomic E-state index is 6.06. The molecule has 2 aliphatic rings. The topological polar surface area (TPSA) is 38.2 Å². The standard InChI is InChI=1S/C18H21N3OS/c1-2-6-20-16(3-1)11-22-17-9-18(23-12-17)13-21(14-18)10-15-4-7-19-8-5-15/h1-8,17H,9-14H2. The van der Waals surface area contributed by atoms with E-state index >= 15 is 0 Å². The summed E-state index contributed by atoms with van der Waals surface area (Å²) in [6.45, 7) is 4.00. The van der Waals surface area contributed by atoms with E-state index in [1.165, 1.54) is 18.7 Å². The van der Waals surface area contributed by atoms with Crippen LogP contribution in [-0.4, -0.2) is 44.6 Å². The lowest BCUT2D eigenvalue weighted by molar-refractivity contribution is 0.0251. The minimum absolute atomic E-state index is 0.366. The Morgan fingerprint density at radius 3 is 2.83 bits per heavy atom. The van der Waals surface area contributed by atoms with Crippen LogP contribution in [0.2, 0.25) is 0 Å². The summed E-state index contributed by atoms with van der Waals surface area (Å²) in [6.07, 6.45) is 7.10. The highest BCUT2D eigenvalue weighted by atomic mass is 32.2. The van der Waals surface area contributed by atoms with Crippen LogP contribution >= 0.6 is 11.8 Å². The van der Waals surface area contributed by atoms with E-state index in [9.17, 15) is 0 Å². The van der Waals surface area contributed by atoms with Gasteiger partial charge in [0.25, 0.3) is 0 Å². The fraction of sp³-hybridized carbons (Fsp3) is 0.444. The van der Waals surface area contributed by atoms with Crippen molar-refractivity contribution >= 4 is 11.8 Å². The molecule has 2 aliphatic heterocycles. The highest BCUT2D eigenvalue weighted by Crippen LogP contribution is 2.46. The summed E-state index contributed by atoms with van der Waals surface area (Å²) in [5.41, 5.74) is 2.37. The Bertz CT molecular complexity index is 631. The fourth-order valence-electron chi connectivity index (χ4n) is 3.44. The molecule has 0 aliphatic carbocycles. The smallest absolute Gasteiger partial charge is 0.0892 e. The Labute approximate surface area is 141 Å². The van der Waals surface area contributed by atoms with Crippen LogP contribution in [0.25, 0.3) is 0 Å². The molecule has 0 N–H and O–H groups in total. The van der Waals surface area contributed by atoms with Gasteiger partial charge in [-0.3, -0.25) is 14.9 Å². The minimum atomic E-state index is 0.366. The molecule has 23 heavy (non-hydrogen) atoms. The summed E-state index contributed by atoms with van der Waals surface area (Å²) in [5.74, 6) is 1.11. The van der Waals surface area contributed by atoms with Crippen molar-refractivity contribution in [3.05, 3.63) is 60.2 Å². The van der Waals surface area contributed by atoms with Gasteiger partial charge in [0, 0.05) is 48.7 Å². The first-order valence-electron chi connectivity index (χ1n) is 8.08. The average Bonchev–Trinajstić information content (AvgIpc) is 2.99. The lowest BCUT2D eigenvalue weighted by atomic mass is 9.92. The van der Waals surface area contributed by atoms with Crippen molar-refractivity contribution < 1.29 is 4.74 Å². The molecule has 4 heterocycles. The van der Waals surface area contributed by atoms with Gasteiger partial charge in [-0.05, 0) is 36.2 Å². The molecule has 1 atom stereocenters. The number of hydrogen-bond acceptors (Lipinski definition) is 5. The number of aromatic nitrogens is 2. The number of pyridine rings is 2. The maximum Gasteiger partial charge on any atom is 0.0892 e. The van der Waals surface area contributed by atoms with Crippen LogP contribution in [-0.2, 0) is 17.9 Å². The monoisotopic (exact) mass is 327 g/mol. The molecule has 2 fully saturated rings. The van der Waals surface area contributed by atoms with Crippen molar-refractivity contribution in [2.24, 2.45) is 0 Å². The number of ether oxygens (including phenoxy) is 1. The van der Waals surface area contributed by atoms with E-state index < -0.39 is 0 Å². The molecule has 1 unspecified atom stereocenters. The van der Waals surface area contributed by atoms with E-state index in [1.807, 2.05) is 36.8 Å². The van der Waals surface area contributed by atoms with Gasteiger partial charge in [-0.1, -0.05) is 6.07 Å². The SMILES string of the molecule is c1ccc(COC2CSC3(C2)CN(Cc2ccncc2)C3)nc1. The number of nitrogens with zero attached hydrogens (tertiary/aromatic N) is 3. The average molecular weight is 327 g/mol. The zero-order chi connectivity index (χ0) is 15.5. The van der Waals surface area contributed by atoms with Crippen LogP contribution in [0.15, 0.2) is 48.9 Å². The number of likely N-dealkylation sites (tertiary alicyclic amines) is 1. The summed E-state index contributed by atoms with van der Waals surface area (Å²) in [6, 6.07) is 10.2. The summed E-state index contributed by atoms with van der Waals surface area (Å²) < 4.78 is 6.48. The van der Waals surface area contributed by atoms with Crippen LogP contribution in [0.5, 0.6) is 0 Å². The lowest BCUT2D eigenvalue weighted by Gasteiger charge is -2.47. The quantitative estimate of drug-likeness (QED) is 0.844. The molecule has 2 saturated heterocycles. The predicted molar refractivity (Wildman–Crippen MR) is 92.1 cm³/mol. The van der Waals surface area contributed by atoms with Gasteiger partial charge in [0.05, 0.1) is 18.4 Å². The Hall–Kier alpha value is -1.43. The Balaban J connectivity index is 1.24. The maximum absolute atomic E-state index is 6.06. The zero-order valence-corrected chi connectivity index (χ0v) is 13.9. The van der Waals surface area contributed by atoms with E-state index in [2.05, 4.69) is 38.8 Å². The third-order valence-electron chi connectivity index (χ3n) is 4.55. The Morgan fingerprint density at radius 1 is 1.17 bits per heavy atom. The molecule has 2 aromatic heterocycles. The van der Waals surface area contributed by atoms with Gasteiger partial charge in [0.2, 0.25) is 0 Å². The second-order valence-corrected chi connectivity index (χ2v) is 7.94. The van der Waals surface area contributed by atoms with Gasteiger partial charge in [-0.15, -0.1) is 11.8 Å². The molecule has 0 aromatic carbocycles. The van der Waals surface area contributed by atoms with Gasteiger partial charge < -0.3 is 4.74 Å². The van der Waals surface area contributed by atoms with Crippen LogP contribution < -0.4 is 0 Å². The Kier molecular flexibility index (Phi) is 4.33. The molecule has 0 bridgehead atoms. The fourth-order valence-corrected chi connectivity index (χ4v) is 5.05. The van der Waals surface area contributed by atoms with E-state index in [-0.39, 0.29) is 0 Å². The third-order valence-corrected chi connectivity index (χ3v) is 6.12. The van der Waals surface area contributed by atoms with E-state index in [4.69, 9.17) is 4.74 Å². The molecule has 0 radical (unpaired) electrons. The van der Waals surface area contributed by atoms with Crippen LogP contribution in [0.1, 0.15) is 17.7 Å². The Morgan fingerprint density at radius 2 is 2.04 bits per heavy atom. The van der Waals surface area contributed by atoms with Crippen molar-refractivity contribution in [1.29, 1.82) is 0 Å². The number of thioether (sulfide) groups is 1. The first-order valence-corrected chi connectivity index (χ1v) is 9.07.